The van der Waals surface area contributed by atoms with Crippen LogP contribution in [-0.4, -0.2) is 33.3 Å². The van der Waals surface area contributed by atoms with Gasteiger partial charge in [0.25, 0.3) is 10.0 Å². The molecule has 1 saturated heterocycles. The molecule has 1 fully saturated rings. The van der Waals surface area contributed by atoms with Crippen LogP contribution in [-0.2, 0) is 24.7 Å². The minimum Gasteiger partial charge on any atom is -0.419 e. The zero-order valence-electron chi connectivity index (χ0n) is 22.9. The summed E-state index contributed by atoms with van der Waals surface area (Å²) in [4.78, 5) is -0.270. The maximum Gasteiger partial charge on any atom is 0.496 e. The largest absolute Gasteiger partial charge is 0.496 e. The van der Waals surface area contributed by atoms with Crippen LogP contribution in [0, 0.1) is 11.7 Å². The van der Waals surface area contributed by atoms with Gasteiger partial charge in [-0.2, -0.15) is 4.39 Å². The van der Waals surface area contributed by atoms with Crippen LogP contribution in [0.5, 0.6) is 11.5 Å². The quantitative estimate of drug-likeness (QED) is 0.382. The normalized spacial score (nSPS) is 23.0. The molecule has 2 heterocycles. The van der Waals surface area contributed by atoms with Crippen LogP contribution < -0.4 is 19.7 Å². The zero-order valence-corrected chi connectivity index (χ0v) is 23.7. The first kappa shape index (κ1) is 28.4. The highest BCUT2D eigenvalue weighted by atomic mass is 32.2. The van der Waals surface area contributed by atoms with E-state index in [1.807, 2.05) is 55.4 Å². The summed E-state index contributed by atoms with van der Waals surface area (Å²) < 4.78 is 82.2. The van der Waals surface area contributed by atoms with E-state index in [1.165, 1.54) is 24.3 Å². The van der Waals surface area contributed by atoms with E-state index in [4.69, 9.17) is 18.8 Å². The second-order valence-electron chi connectivity index (χ2n) is 11.6. The molecule has 7 nitrogen and oxygen atoms in total. The number of sulfonamides is 1. The molecule has 0 radical (unpaired) electrons. The van der Waals surface area contributed by atoms with E-state index in [0.29, 0.717) is 5.56 Å². The Morgan fingerprint density at radius 3 is 2.26 bits per heavy atom. The lowest BCUT2D eigenvalue weighted by Gasteiger charge is -2.21. The van der Waals surface area contributed by atoms with Gasteiger partial charge in [0, 0.05) is 17.6 Å². The molecule has 38 heavy (non-hydrogen) atoms. The van der Waals surface area contributed by atoms with Crippen molar-refractivity contribution in [2.24, 2.45) is 5.92 Å². The Morgan fingerprint density at radius 2 is 1.74 bits per heavy atom. The molecular weight excluding hydrogens is 515 g/mol. The lowest BCUT2D eigenvalue weighted by Crippen LogP contribution is -2.37. The molecule has 2 atom stereocenters. The fourth-order valence-corrected chi connectivity index (χ4v) is 5.17. The molecule has 0 amide bonds. The van der Waals surface area contributed by atoms with Crippen LogP contribution in [0.1, 0.15) is 61.0 Å². The summed E-state index contributed by atoms with van der Waals surface area (Å²) in [5, 5.41) is 0. The number of hydrogen-bond acceptors (Lipinski definition) is 6. The van der Waals surface area contributed by atoms with Gasteiger partial charge in [0.2, 0.25) is 0 Å². The molecular formula is C27H34BF2NO6S. The zero-order chi connectivity index (χ0) is 28.3. The van der Waals surface area contributed by atoms with E-state index >= 15 is 4.39 Å². The second kappa shape index (κ2) is 9.53. The minimum absolute atomic E-state index is 0.0121. The molecule has 2 aromatic carbocycles. The third-order valence-corrected chi connectivity index (χ3v) is 7.93. The van der Waals surface area contributed by atoms with Gasteiger partial charge in [-0.15, -0.1) is 0 Å². The smallest absolute Gasteiger partial charge is 0.419 e. The van der Waals surface area contributed by atoms with Crippen LogP contribution in [0.2, 0.25) is 0 Å². The van der Waals surface area contributed by atoms with E-state index in [1.54, 1.807) is 6.08 Å². The maximum atomic E-state index is 15.3. The van der Waals surface area contributed by atoms with Gasteiger partial charge in [-0.25, -0.2) is 12.8 Å². The second-order valence-corrected chi connectivity index (χ2v) is 13.3. The van der Waals surface area contributed by atoms with Gasteiger partial charge in [-0.3, -0.25) is 4.72 Å². The molecule has 0 bridgehead atoms. The first-order valence-corrected chi connectivity index (χ1v) is 14.0. The van der Waals surface area contributed by atoms with Crippen molar-refractivity contribution >= 4 is 28.3 Å². The topological polar surface area (TPSA) is 83.1 Å². The van der Waals surface area contributed by atoms with Crippen LogP contribution >= 0.6 is 0 Å². The third-order valence-electron chi connectivity index (χ3n) is 6.57. The molecule has 0 aromatic heterocycles. The fraction of sp³-hybridized carbons (Fsp3) is 0.481. The number of benzene rings is 2. The highest BCUT2D eigenvalue weighted by molar-refractivity contribution is 7.92. The molecule has 206 valence electrons. The van der Waals surface area contributed by atoms with Crippen molar-refractivity contribution in [3.05, 3.63) is 53.9 Å². The van der Waals surface area contributed by atoms with Gasteiger partial charge >= 0.3 is 13.2 Å². The van der Waals surface area contributed by atoms with Gasteiger partial charge in [-0.1, -0.05) is 46.8 Å². The summed E-state index contributed by atoms with van der Waals surface area (Å²) >= 11 is 0. The number of halogens is 2. The molecule has 1 N–H and O–H groups in total. The molecule has 0 aliphatic carbocycles. The number of allylic oxidation sites excluding steroid dienone is 1. The highest BCUT2D eigenvalue weighted by Gasteiger charge is 2.47. The van der Waals surface area contributed by atoms with E-state index in [9.17, 15) is 12.8 Å². The maximum absolute atomic E-state index is 15.3. The SMILES string of the molecule is CC(C)C=CC1(F)Oc2cc(NS(=O)(=O)c3ccc(C(C)(C)C)c(F)c3)c(B3OC(C)C(C)(C)O3)cc2O1. The van der Waals surface area contributed by atoms with Crippen molar-refractivity contribution in [1.82, 2.24) is 0 Å². The van der Waals surface area contributed by atoms with Crippen LogP contribution in [0.15, 0.2) is 47.4 Å². The van der Waals surface area contributed by atoms with Crippen LogP contribution in [0.4, 0.5) is 14.5 Å². The Balaban J connectivity index is 1.74. The molecule has 11 heteroatoms. The van der Waals surface area contributed by atoms with Crippen molar-refractivity contribution in [3.63, 3.8) is 0 Å². The first-order chi connectivity index (χ1) is 17.4. The van der Waals surface area contributed by atoms with Gasteiger partial charge in [-0.05, 0) is 55.9 Å². The van der Waals surface area contributed by atoms with Crippen molar-refractivity contribution in [3.8, 4) is 11.5 Å². The van der Waals surface area contributed by atoms with Crippen LogP contribution in [0.3, 0.4) is 0 Å². The Morgan fingerprint density at radius 1 is 1.11 bits per heavy atom. The van der Waals surface area contributed by atoms with E-state index in [-0.39, 0.29) is 39.6 Å². The molecule has 2 aliphatic heterocycles. The molecule has 2 unspecified atom stereocenters. The summed E-state index contributed by atoms with van der Waals surface area (Å²) in [5.74, 6) is -0.542. The predicted octanol–water partition coefficient (Wildman–Crippen LogP) is 5.44. The number of fused-ring (bicyclic) bond motifs is 1. The van der Waals surface area contributed by atoms with Gasteiger partial charge in [0.05, 0.1) is 22.3 Å². The number of anilines is 1. The summed E-state index contributed by atoms with van der Waals surface area (Å²) in [6, 6.07) is 3.96. The lowest BCUT2D eigenvalue weighted by atomic mass is 9.77. The molecule has 4 rings (SSSR count). The Kier molecular flexibility index (Phi) is 7.12. The molecule has 2 aliphatic rings. The summed E-state index contributed by atoms with van der Waals surface area (Å²) in [6.07, 6.45) is 2.43. The molecule has 0 saturated carbocycles. The van der Waals surface area contributed by atoms with Crippen molar-refractivity contribution in [2.45, 2.75) is 83.4 Å². The number of ether oxygens (including phenoxy) is 2. The first-order valence-electron chi connectivity index (χ1n) is 12.5. The Hall–Kier alpha value is -2.63. The molecule has 0 spiro atoms. The lowest BCUT2D eigenvalue weighted by molar-refractivity contribution is -0.146. The van der Waals surface area contributed by atoms with Gasteiger partial charge in [0.1, 0.15) is 5.82 Å². The third kappa shape index (κ3) is 5.69. The monoisotopic (exact) mass is 549 g/mol. The van der Waals surface area contributed by atoms with Gasteiger partial charge in [0.15, 0.2) is 11.5 Å². The summed E-state index contributed by atoms with van der Waals surface area (Å²) in [6.45, 7) is 14.8. The highest BCUT2D eigenvalue weighted by Crippen LogP contribution is 2.43. The Labute approximate surface area is 223 Å². The van der Waals surface area contributed by atoms with E-state index in [2.05, 4.69) is 4.72 Å². The molecule has 2 aromatic rings. The Bertz CT molecular complexity index is 1370. The number of hydrogen-bond donors (Lipinski definition) is 1. The average Bonchev–Trinajstić information content (AvgIpc) is 3.24. The summed E-state index contributed by atoms with van der Waals surface area (Å²) in [7, 11) is -5.24. The van der Waals surface area contributed by atoms with Gasteiger partial charge < -0.3 is 18.8 Å². The number of rotatable bonds is 6. The number of nitrogens with one attached hydrogen (secondary N) is 1. The summed E-state index contributed by atoms with van der Waals surface area (Å²) in [5.41, 5.74) is -0.504. The van der Waals surface area contributed by atoms with Crippen molar-refractivity contribution in [1.29, 1.82) is 0 Å². The number of alkyl halides is 1. The van der Waals surface area contributed by atoms with E-state index in [0.717, 1.165) is 12.1 Å². The van der Waals surface area contributed by atoms with Crippen molar-refractivity contribution < 1.29 is 36.0 Å². The fourth-order valence-electron chi connectivity index (χ4n) is 4.08. The minimum atomic E-state index is -4.27. The average molecular weight is 549 g/mol. The van der Waals surface area contributed by atoms with Crippen LogP contribution in [0.25, 0.3) is 0 Å². The standard InChI is InChI=1S/C27H34BF2NO6S/c1-16(2)11-12-27(30)34-23-14-20(28-36-17(3)26(7,8)37-28)22(15-24(23)35-27)31-38(32,33)18-9-10-19(21(29)13-18)25(4,5)6/h9-17,31H,1-8H3. The predicted molar refractivity (Wildman–Crippen MR) is 143 cm³/mol. The van der Waals surface area contributed by atoms with Crippen molar-refractivity contribution in [2.75, 3.05) is 4.72 Å². The van der Waals surface area contributed by atoms with E-state index < -0.39 is 40.0 Å².